The molecule has 1 aliphatic heterocycles. The van der Waals surface area contributed by atoms with Crippen LogP contribution in [0.2, 0.25) is 0 Å². The third-order valence-electron chi connectivity index (χ3n) is 6.14. The van der Waals surface area contributed by atoms with Crippen LogP contribution < -0.4 is 10.6 Å². The van der Waals surface area contributed by atoms with Crippen molar-refractivity contribution in [1.29, 1.82) is 0 Å². The predicted octanol–water partition coefficient (Wildman–Crippen LogP) is 3.49. The number of carbonyl (C=O) groups excluding carboxylic acids is 1. The summed E-state index contributed by atoms with van der Waals surface area (Å²) in [6, 6.07) is 0.431. The minimum atomic E-state index is 0.0311. The van der Waals surface area contributed by atoms with Crippen molar-refractivity contribution in [3.63, 3.8) is 0 Å². The summed E-state index contributed by atoms with van der Waals surface area (Å²) in [5.74, 6) is 1.52. The van der Waals surface area contributed by atoms with Crippen molar-refractivity contribution in [2.24, 2.45) is 17.3 Å². The standard InChI is InChI=1S/C18H34N2O/c1-5-18(3,4)14-8-10-15(11-9-14)20-17(21)16-13(2)7-6-12-19-16/h13-16,19H,5-12H2,1-4H3,(H,20,21). The maximum atomic E-state index is 12.4. The molecule has 122 valence electrons. The summed E-state index contributed by atoms with van der Waals surface area (Å²) in [5.41, 5.74) is 0.453. The molecular formula is C18H34N2O. The lowest BCUT2D eigenvalue weighted by Crippen LogP contribution is -2.53. The average Bonchev–Trinajstić information content (AvgIpc) is 2.48. The molecule has 3 nitrogen and oxygen atoms in total. The fraction of sp³-hybridized carbons (Fsp3) is 0.944. The Bertz CT molecular complexity index is 345. The molecule has 0 spiro atoms. The molecule has 21 heavy (non-hydrogen) atoms. The van der Waals surface area contributed by atoms with Gasteiger partial charge in [0.05, 0.1) is 6.04 Å². The van der Waals surface area contributed by atoms with E-state index in [1.54, 1.807) is 0 Å². The Labute approximate surface area is 130 Å². The van der Waals surface area contributed by atoms with Crippen molar-refractivity contribution >= 4 is 5.91 Å². The van der Waals surface area contributed by atoms with Gasteiger partial charge in [-0.05, 0) is 62.3 Å². The van der Waals surface area contributed by atoms with Gasteiger partial charge in [-0.15, -0.1) is 0 Å². The summed E-state index contributed by atoms with van der Waals surface area (Å²) in [4.78, 5) is 12.4. The van der Waals surface area contributed by atoms with Crippen LogP contribution in [0, 0.1) is 17.3 Å². The SMILES string of the molecule is CCC(C)(C)C1CCC(NC(=O)C2NCCCC2C)CC1. The Morgan fingerprint density at radius 3 is 2.43 bits per heavy atom. The molecule has 0 radical (unpaired) electrons. The third kappa shape index (κ3) is 4.21. The van der Waals surface area contributed by atoms with Crippen LogP contribution in [-0.4, -0.2) is 24.5 Å². The predicted molar refractivity (Wildman–Crippen MR) is 88.1 cm³/mol. The lowest BCUT2D eigenvalue weighted by molar-refractivity contribution is -0.125. The molecule has 2 rings (SSSR count). The Hall–Kier alpha value is -0.570. The van der Waals surface area contributed by atoms with Crippen molar-refractivity contribution in [3.8, 4) is 0 Å². The smallest absolute Gasteiger partial charge is 0.237 e. The summed E-state index contributed by atoms with van der Waals surface area (Å²) in [6.45, 7) is 10.3. The number of amides is 1. The summed E-state index contributed by atoms with van der Waals surface area (Å²) in [7, 11) is 0. The molecule has 2 fully saturated rings. The average molecular weight is 294 g/mol. The first-order valence-corrected chi connectivity index (χ1v) is 8.97. The van der Waals surface area contributed by atoms with Crippen molar-refractivity contribution < 1.29 is 4.79 Å². The second-order valence-electron chi connectivity index (χ2n) is 7.95. The molecule has 2 aliphatic rings. The fourth-order valence-electron chi connectivity index (χ4n) is 4.00. The summed E-state index contributed by atoms with van der Waals surface area (Å²) >= 11 is 0. The van der Waals surface area contributed by atoms with Gasteiger partial charge in [0.1, 0.15) is 0 Å². The lowest BCUT2D eigenvalue weighted by Gasteiger charge is -2.39. The molecule has 3 heteroatoms. The monoisotopic (exact) mass is 294 g/mol. The van der Waals surface area contributed by atoms with E-state index in [1.165, 1.54) is 32.1 Å². The van der Waals surface area contributed by atoms with Gasteiger partial charge in [-0.2, -0.15) is 0 Å². The number of hydrogen-bond acceptors (Lipinski definition) is 2. The van der Waals surface area contributed by atoms with Crippen LogP contribution in [0.15, 0.2) is 0 Å². The number of carbonyl (C=O) groups is 1. The van der Waals surface area contributed by atoms with Gasteiger partial charge in [0, 0.05) is 6.04 Å². The zero-order chi connectivity index (χ0) is 15.5. The molecular weight excluding hydrogens is 260 g/mol. The summed E-state index contributed by atoms with van der Waals surface area (Å²) in [6.07, 6.45) is 8.45. The highest BCUT2D eigenvalue weighted by Gasteiger charge is 2.34. The Morgan fingerprint density at radius 2 is 1.86 bits per heavy atom. The fourth-order valence-corrected chi connectivity index (χ4v) is 4.00. The Balaban J connectivity index is 1.79. The number of piperidine rings is 1. The normalized spacial score (nSPS) is 34.5. The molecule has 1 heterocycles. The molecule has 1 saturated heterocycles. The number of nitrogens with one attached hydrogen (secondary N) is 2. The van der Waals surface area contributed by atoms with E-state index in [2.05, 4.69) is 38.3 Å². The van der Waals surface area contributed by atoms with Crippen molar-refractivity contribution in [2.75, 3.05) is 6.54 Å². The van der Waals surface area contributed by atoms with E-state index in [0.29, 0.717) is 17.4 Å². The topological polar surface area (TPSA) is 41.1 Å². The minimum Gasteiger partial charge on any atom is -0.352 e. The van der Waals surface area contributed by atoms with E-state index in [0.717, 1.165) is 25.3 Å². The molecule has 0 aromatic rings. The lowest BCUT2D eigenvalue weighted by atomic mass is 9.69. The van der Waals surface area contributed by atoms with Crippen LogP contribution in [0.1, 0.15) is 72.6 Å². The quantitative estimate of drug-likeness (QED) is 0.833. The number of hydrogen-bond donors (Lipinski definition) is 2. The first-order valence-electron chi connectivity index (χ1n) is 8.97. The zero-order valence-electron chi connectivity index (χ0n) is 14.4. The van der Waals surface area contributed by atoms with Crippen LogP contribution in [0.4, 0.5) is 0 Å². The Kier molecular flexibility index (Phi) is 5.70. The molecule has 0 aromatic carbocycles. The van der Waals surface area contributed by atoms with Crippen molar-refractivity contribution in [2.45, 2.75) is 84.7 Å². The van der Waals surface area contributed by atoms with Gasteiger partial charge < -0.3 is 10.6 Å². The van der Waals surface area contributed by atoms with Gasteiger partial charge >= 0.3 is 0 Å². The maximum absolute atomic E-state index is 12.4. The van der Waals surface area contributed by atoms with E-state index in [-0.39, 0.29) is 11.9 Å². The van der Waals surface area contributed by atoms with Gasteiger partial charge in [-0.25, -0.2) is 0 Å². The van der Waals surface area contributed by atoms with Gasteiger partial charge in [-0.1, -0.05) is 34.1 Å². The van der Waals surface area contributed by atoms with Crippen LogP contribution in [0.25, 0.3) is 0 Å². The largest absolute Gasteiger partial charge is 0.352 e. The van der Waals surface area contributed by atoms with E-state index >= 15 is 0 Å². The van der Waals surface area contributed by atoms with E-state index < -0.39 is 0 Å². The Morgan fingerprint density at radius 1 is 1.19 bits per heavy atom. The van der Waals surface area contributed by atoms with Gasteiger partial charge in [0.2, 0.25) is 5.91 Å². The highest BCUT2D eigenvalue weighted by atomic mass is 16.2. The molecule has 1 aliphatic carbocycles. The van der Waals surface area contributed by atoms with E-state index in [9.17, 15) is 4.79 Å². The van der Waals surface area contributed by atoms with Crippen molar-refractivity contribution in [1.82, 2.24) is 10.6 Å². The van der Waals surface area contributed by atoms with Crippen LogP contribution in [-0.2, 0) is 4.79 Å². The van der Waals surface area contributed by atoms with Crippen molar-refractivity contribution in [3.05, 3.63) is 0 Å². The molecule has 2 atom stereocenters. The highest BCUT2D eigenvalue weighted by Crippen LogP contribution is 2.40. The summed E-state index contributed by atoms with van der Waals surface area (Å²) in [5, 5.41) is 6.70. The molecule has 0 bridgehead atoms. The maximum Gasteiger partial charge on any atom is 0.237 e. The molecule has 1 amide bonds. The zero-order valence-corrected chi connectivity index (χ0v) is 14.4. The van der Waals surface area contributed by atoms with E-state index in [4.69, 9.17) is 0 Å². The first kappa shape index (κ1) is 16.8. The summed E-state index contributed by atoms with van der Waals surface area (Å²) < 4.78 is 0. The second kappa shape index (κ2) is 7.13. The van der Waals surface area contributed by atoms with E-state index in [1.807, 2.05) is 0 Å². The molecule has 1 saturated carbocycles. The minimum absolute atomic E-state index is 0.0311. The number of rotatable bonds is 4. The van der Waals surface area contributed by atoms with Crippen LogP contribution in [0.5, 0.6) is 0 Å². The molecule has 2 N–H and O–H groups in total. The molecule has 2 unspecified atom stereocenters. The third-order valence-corrected chi connectivity index (χ3v) is 6.14. The van der Waals surface area contributed by atoms with Gasteiger partial charge in [0.25, 0.3) is 0 Å². The molecule has 0 aromatic heterocycles. The van der Waals surface area contributed by atoms with Crippen LogP contribution in [0.3, 0.4) is 0 Å². The van der Waals surface area contributed by atoms with Crippen LogP contribution >= 0.6 is 0 Å². The van der Waals surface area contributed by atoms with Gasteiger partial charge in [0.15, 0.2) is 0 Å². The first-order chi connectivity index (χ1) is 9.94. The second-order valence-corrected chi connectivity index (χ2v) is 7.95. The van der Waals surface area contributed by atoms with Gasteiger partial charge in [-0.3, -0.25) is 4.79 Å². The highest BCUT2D eigenvalue weighted by molar-refractivity contribution is 5.82.